The van der Waals surface area contributed by atoms with Crippen molar-refractivity contribution in [1.29, 1.82) is 0 Å². The molecule has 0 aliphatic heterocycles. The molecular formula is C22H17Cl2FN2O2S. The number of hydrogen-bond acceptors (Lipinski definition) is 3. The quantitative estimate of drug-likeness (QED) is 0.410. The topological polar surface area (TPSA) is 58.2 Å². The Morgan fingerprint density at radius 2 is 1.73 bits per heavy atom. The Morgan fingerprint density at radius 3 is 2.47 bits per heavy atom. The van der Waals surface area contributed by atoms with E-state index in [-0.39, 0.29) is 22.5 Å². The number of carbonyl (C=O) groups excluding carboxylic acids is 2. The molecule has 0 heterocycles. The Hall–Kier alpha value is -2.54. The first-order valence-corrected chi connectivity index (χ1v) is 10.6. The molecule has 0 spiro atoms. The molecule has 0 aromatic heterocycles. The summed E-state index contributed by atoms with van der Waals surface area (Å²) in [5, 5.41) is 5.57. The van der Waals surface area contributed by atoms with Gasteiger partial charge in [-0.15, -0.1) is 11.8 Å². The lowest BCUT2D eigenvalue weighted by atomic mass is 10.2. The Labute approximate surface area is 187 Å². The van der Waals surface area contributed by atoms with Crippen LogP contribution in [0.5, 0.6) is 0 Å². The first kappa shape index (κ1) is 22.2. The van der Waals surface area contributed by atoms with Crippen molar-refractivity contribution in [2.45, 2.75) is 17.1 Å². The van der Waals surface area contributed by atoms with Gasteiger partial charge in [-0.25, -0.2) is 4.39 Å². The van der Waals surface area contributed by atoms with Crippen LogP contribution in [0.2, 0.25) is 10.0 Å². The van der Waals surface area contributed by atoms with E-state index in [0.29, 0.717) is 16.3 Å². The zero-order chi connectivity index (χ0) is 21.7. The summed E-state index contributed by atoms with van der Waals surface area (Å²) in [4.78, 5) is 25.6. The van der Waals surface area contributed by atoms with Gasteiger partial charge in [0.1, 0.15) is 5.82 Å². The maximum atomic E-state index is 13.7. The number of rotatable bonds is 6. The van der Waals surface area contributed by atoms with Crippen LogP contribution in [-0.4, -0.2) is 17.1 Å². The van der Waals surface area contributed by atoms with Crippen LogP contribution in [0.4, 0.5) is 15.8 Å². The highest BCUT2D eigenvalue weighted by atomic mass is 35.5. The molecule has 0 aliphatic rings. The molecule has 3 aromatic carbocycles. The van der Waals surface area contributed by atoms with Gasteiger partial charge in [-0.3, -0.25) is 9.59 Å². The van der Waals surface area contributed by atoms with Gasteiger partial charge in [0.05, 0.1) is 21.5 Å². The molecule has 30 heavy (non-hydrogen) atoms. The number of hydrogen-bond donors (Lipinski definition) is 2. The highest BCUT2D eigenvalue weighted by Gasteiger charge is 2.17. The van der Waals surface area contributed by atoms with Gasteiger partial charge in [0.15, 0.2) is 0 Å². The predicted octanol–water partition coefficient (Wildman–Crippen LogP) is 6.50. The van der Waals surface area contributed by atoms with E-state index in [4.69, 9.17) is 23.2 Å². The summed E-state index contributed by atoms with van der Waals surface area (Å²) in [5.41, 5.74) is 0.991. The number of anilines is 2. The van der Waals surface area contributed by atoms with Gasteiger partial charge in [0, 0.05) is 15.6 Å². The van der Waals surface area contributed by atoms with Gasteiger partial charge < -0.3 is 10.6 Å². The summed E-state index contributed by atoms with van der Waals surface area (Å²) in [6.45, 7) is 1.72. The average molecular weight is 463 g/mol. The molecule has 4 nitrogen and oxygen atoms in total. The molecule has 3 rings (SSSR count). The van der Waals surface area contributed by atoms with Crippen molar-refractivity contribution >= 4 is 58.2 Å². The largest absolute Gasteiger partial charge is 0.323 e. The van der Waals surface area contributed by atoms with Crippen LogP contribution in [0.1, 0.15) is 17.3 Å². The number of para-hydroxylation sites is 1. The highest BCUT2D eigenvalue weighted by molar-refractivity contribution is 8.00. The van der Waals surface area contributed by atoms with Crippen molar-refractivity contribution in [3.8, 4) is 0 Å². The number of nitrogens with one attached hydrogen (secondary N) is 2. The summed E-state index contributed by atoms with van der Waals surface area (Å²) in [6, 6.07) is 17.7. The third-order valence-electron chi connectivity index (χ3n) is 4.08. The molecule has 1 unspecified atom stereocenters. The van der Waals surface area contributed by atoms with Gasteiger partial charge in [-0.2, -0.15) is 0 Å². The maximum absolute atomic E-state index is 13.7. The first-order valence-electron chi connectivity index (χ1n) is 8.92. The maximum Gasteiger partial charge on any atom is 0.257 e. The molecule has 8 heteroatoms. The van der Waals surface area contributed by atoms with E-state index >= 15 is 0 Å². The van der Waals surface area contributed by atoms with Crippen LogP contribution < -0.4 is 10.6 Å². The first-order chi connectivity index (χ1) is 14.3. The number of benzene rings is 3. The van der Waals surface area contributed by atoms with E-state index < -0.39 is 11.1 Å². The van der Waals surface area contributed by atoms with Crippen molar-refractivity contribution in [2.24, 2.45) is 0 Å². The van der Waals surface area contributed by atoms with Crippen LogP contribution in [0.3, 0.4) is 0 Å². The molecule has 0 saturated carbocycles. The average Bonchev–Trinajstić information content (AvgIpc) is 2.69. The summed E-state index contributed by atoms with van der Waals surface area (Å²) < 4.78 is 13.7. The minimum absolute atomic E-state index is 0.135. The fourth-order valence-corrected chi connectivity index (χ4v) is 3.99. The van der Waals surface area contributed by atoms with Gasteiger partial charge in [-0.1, -0.05) is 41.4 Å². The Morgan fingerprint density at radius 1 is 0.967 bits per heavy atom. The van der Waals surface area contributed by atoms with Crippen LogP contribution in [0.15, 0.2) is 71.6 Å². The fraction of sp³-hybridized carbons (Fsp3) is 0.0909. The lowest BCUT2D eigenvalue weighted by Gasteiger charge is -2.13. The zero-order valence-electron chi connectivity index (χ0n) is 15.8. The molecule has 0 aliphatic carbocycles. The summed E-state index contributed by atoms with van der Waals surface area (Å²) in [5.74, 6) is -1.19. The van der Waals surface area contributed by atoms with Crippen LogP contribution in [-0.2, 0) is 4.79 Å². The van der Waals surface area contributed by atoms with Crippen molar-refractivity contribution in [1.82, 2.24) is 0 Å². The normalized spacial score (nSPS) is 11.6. The number of thioether (sulfide) groups is 1. The molecule has 2 amide bonds. The van der Waals surface area contributed by atoms with Crippen LogP contribution in [0.25, 0.3) is 0 Å². The molecule has 0 saturated heterocycles. The van der Waals surface area contributed by atoms with Crippen molar-refractivity contribution in [3.63, 3.8) is 0 Å². The van der Waals surface area contributed by atoms with E-state index in [1.807, 2.05) is 6.07 Å². The molecule has 0 bridgehead atoms. The summed E-state index contributed by atoms with van der Waals surface area (Å²) in [7, 11) is 0. The standard InChI is InChI=1S/C22H17Cl2FN2O2S/c1-13(21(28)27-20-8-3-2-7-19(20)25)30-16-6-4-5-15(12-16)26-22(29)17-10-9-14(23)11-18(17)24/h2-13H,1H3,(H,26,29)(H,27,28). The number of halogens is 3. The smallest absolute Gasteiger partial charge is 0.257 e. The van der Waals surface area contributed by atoms with E-state index in [2.05, 4.69) is 10.6 Å². The van der Waals surface area contributed by atoms with E-state index in [0.717, 1.165) is 4.90 Å². The van der Waals surface area contributed by atoms with Gasteiger partial charge in [-0.05, 0) is 55.5 Å². The van der Waals surface area contributed by atoms with Gasteiger partial charge in [0.25, 0.3) is 5.91 Å². The molecule has 0 radical (unpaired) electrons. The lowest BCUT2D eigenvalue weighted by Crippen LogP contribution is -2.22. The Balaban J connectivity index is 1.65. The van der Waals surface area contributed by atoms with E-state index in [9.17, 15) is 14.0 Å². The van der Waals surface area contributed by atoms with Crippen LogP contribution >= 0.6 is 35.0 Å². The fourth-order valence-electron chi connectivity index (χ4n) is 2.57. The Bertz CT molecular complexity index is 1090. The third-order valence-corrected chi connectivity index (χ3v) is 5.72. The van der Waals surface area contributed by atoms with Crippen molar-refractivity contribution < 1.29 is 14.0 Å². The van der Waals surface area contributed by atoms with Crippen molar-refractivity contribution in [2.75, 3.05) is 10.6 Å². The molecular weight excluding hydrogens is 446 g/mol. The van der Waals surface area contributed by atoms with Crippen molar-refractivity contribution in [3.05, 3.63) is 88.2 Å². The highest BCUT2D eigenvalue weighted by Crippen LogP contribution is 2.28. The Kier molecular flexibility index (Phi) is 7.37. The monoisotopic (exact) mass is 462 g/mol. The third kappa shape index (κ3) is 5.75. The minimum atomic E-state index is -0.492. The zero-order valence-corrected chi connectivity index (χ0v) is 18.1. The number of amides is 2. The summed E-state index contributed by atoms with van der Waals surface area (Å²) >= 11 is 13.2. The predicted molar refractivity (Wildman–Crippen MR) is 121 cm³/mol. The molecule has 154 valence electrons. The lowest BCUT2D eigenvalue weighted by molar-refractivity contribution is -0.115. The SMILES string of the molecule is CC(Sc1cccc(NC(=O)c2ccc(Cl)cc2Cl)c1)C(=O)Nc1ccccc1F. The van der Waals surface area contributed by atoms with E-state index in [1.54, 1.807) is 49.4 Å². The summed E-state index contributed by atoms with van der Waals surface area (Å²) in [6.07, 6.45) is 0. The van der Waals surface area contributed by atoms with Crippen LogP contribution in [0, 0.1) is 5.82 Å². The molecule has 3 aromatic rings. The second-order valence-corrected chi connectivity index (χ2v) is 8.59. The second kappa shape index (κ2) is 9.98. The molecule has 2 N–H and O–H groups in total. The van der Waals surface area contributed by atoms with Gasteiger partial charge >= 0.3 is 0 Å². The number of carbonyl (C=O) groups is 2. The second-order valence-electron chi connectivity index (χ2n) is 6.34. The van der Waals surface area contributed by atoms with Gasteiger partial charge in [0.2, 0.25) is 5.91 Å². The van der Waals surface area contributed by atoms with E-state index in [1.165, 1.54) is 30.0 Å². The minimum Gasteiger partial charge on any atom is -0.323 e. The molecule has 0 fully saturated rings. The molecule has 1 atom stereocenters.